The lowest BCUT2D eigenvalue weighted by atomic mass is 10.3. The van der Waals surface area contributed by atoms with Crippen LogP contribution < -0.4 is 0 Å². The lowest BCUT2D eigenvalue weighted by molar-refractivity contribution is 0.457. The van der Waals surface area contributed by atoms with E-state index in [-0.39, 0.29) is 0 Å². The van der Waals surface area contributed by atoms with E-state index in [4.69, 9.17) is 27.7 Å². The van der Waals surface area contributed by atoms with E-state index < -0.39 is 0 Å². The average molecular weight is 188 g/mol. The highest BCUT2D eigenvalue weighted by Gasteiger charge is 2.04. The van der Waals surface area contributed by atoms with E-state index in [1.807, 2.05) is 0 Å². The topological polar surface area (TPSA) is 26.0 Å². The molecule has 11 heavy (non-hydrogen) atoms. The number of fused-ring (bicyclic) bond motifs is 1. The van der Waals surface area contributed by atoms with Crippen molar-refractivity contribution < 1.29 is 4.52 Å². The quantitative estimate of drug-likeness (QED) is 0.634. The zero-order chi connectivity index (χ0) is 7.84. The maximum Gasteiger partial charge on any atom is 0.180 e. The van der Waals surface area contributed by atoms with Gasteiger partial charge in [-0.1, -0.05) is 28.4 Å². The number of rotatable bonds is 0. The van der Waals surface area contributed by atoms with E-state index in [2.05, 4.69) is 5.16 Å². The van der Waals surface area contributed by atoms with Crippen LogP contribution >= 0.6 is 23.2 Å². The van der Waals surface area contributed by atoms with Gasteiger partial charge in [-0.25, -0.2) is 0 Å². The Hall–Kier alpha value is -0.730. The molecule has 0 atom stereocenters. The maximum atomic E-state index is 5.72. The van der Waals surface area contributed by atoms with Gasteiger partial charge in [-0.05, 0) is 18.2 Å². The molecule has 0 fully saturated rings. The van der Waals surface area contributed by atoms with Crippen molar-refractivity contribution in [1.82, 2.24) is 5.16 Å². The molecule has 1 aromatic heterocycles. The summed E-state index contributed by atoms with van der Waals surface area (Å²) < 4.78 is 4.86. The third-order valence-corrected chi connectivity index (χ3v) is 1.90. The Labute approximate surface area is 72.7 Å². The van der Waals surface area contributed by atoms with E-state index in [0.717, 1.165) is 5.39 Å². The van der Waals surface area contributed by atoms with Gasteiger partial charge in [0.15, 0.2) is 10.7 Å². The Morgan fingerprint density at radius 1 is 1.27 bits per heavy atom. The Balaban J connectivity index is 2.87. The van der Waals surface area contributed by atoms with Crippen LogP contribution in [0, 0.1) is 0 Å². The number of benzene rings is 1. The van der Waals surface area contributed by atoms with Crippen molar-refractivity contribution >= 4 is 34.2 Å². The summed E-state index contributed by atoms with van der Waals surface area (Å²) in [6.07, 6.45) is 0. The maximum absolute atomic E-state index is 5.72. The first-order valence-electron chi connectivity index (χ1n) is 2.98. The van der Waals surface area contributed by atoms with E-state index in [0.29, 0.717) is 15.8 Å². The summed E-state index contributed by atoms with van der Waals surface area (Å²) in [6.45, 7) is 0. The highest BCUT2D eigenvalue weighted by molar-refractivity contribution is 6.35. The van der Waals surface area contributed by atoms with Gasteiger partial charge in [-0.2, -0.15) is 0 Å². The Morgan fingerprint density at radius 3 is 2.91 bits per heavy atom. The Kier molecular flexibility index (Phi) is 1.51. The lowest BCUT2D eigenvalue weighted by Crippen LogP contribution is -1.64. The van der Waals surface area contributed by atoms with Gasteiger partial charge < -0.3 is 4.52 Å². The van der Waals surface area contributed by atoms with E-state index in [9.17, 15) is 0 Å². The van der Waals surface area contributed by atoms with Crippen molar-refractivity contribution in [3.8, 4) is 0 Å². The van der Waals surface area contributed by atoms with Crippen molar-refractivity contribution in [2.45, 2.75) is 0 Å². The summed E-state index contributed by atoms with van der Waals surface area (Å²) in [5.74, 6) is 0. The van der Waals surface area contributed by atoms with Gasteiger partial charge in [0, 0.05) is 5.02 Å². The molecule has 0 unspecified atom stereocenters. The second-order valence-electron chi connectivity index (χ2n) is 2.11. The fourth-order valence-electron chi connectivity index (χ4n) is 0.881. The van der Waals surface area contributed by atoms with Crippen molar-refractivity contribution in [3.05, 3.63) is 28.4 Å². The van der Waals surface area contributed by atoms with E-state index in [1.54, 1.807) is 18.2 Å². The summed E-state index contributed by atoms with van der Waals surface area (Å²) in [5, 5.41) is 5.29. The third-order valence-electron chi connectivity index (χ3n) is 1.39. The van der Waals surface area contributed by atoms with Crippen LogP contribution in [0.3, 0.4) is 0 Å². The van der Waals surface area contributed by atoms with E-state index >= 15 is 0 Å². The van der Waals surface area contributed by atoms with Gasteiger partial charge in [0.25, 0.3) is 0 Å². The summed E-state index contributed by atoms with van der Waals surface area (Å²) in [5.41, 5.74) is 0.652. The van der Waals surface area contributed by atoms with Gasteiger partial charge in [-0.15, -0.1) is 0 Å². The highest BCUT2D eigenvalue weighted by atomic mass is 35.5. The van der Waals surface area contributed by atoms with E-state index in [1.165, 1.54) is 0 Å². The smallest absolute Gasteiger partial charge is 0.180 e. The molecule has 0 aliphatic carbocycles. The summed E-state index contributed by atoms with van der Waals surface area (Å²) in [7, 11) is 0. The van der Waals surface area contributed by atoms with Gasteiger partial charge >= 0.3 is 0 Å². The zero-order valence-electron chi connectivity index (χ0n) is 5.34. The molecule has 4 heteroatoms. The zero-order valence-corrected chi connectivity index (χ0v) is 6.86. The van der Waals surface area contributed by atoms with Gasteiger partial charge in [0.1, 0.15) is 0 Å². The molecular weight excluding hydrogens is 185 g/mol. The summed E-state index contributed by atoms with van der Waals surface area (Å²) in [4.78, 5) is 0. The number of aromatic nitrogens is 1. The second kappa shape index (κ2) is 2.40. The molecule has 0 aliphatic heterocycles. The average Bonchev–Trinajstić information content (AvgIpc) is 2.33. The van der Waals surface area contributed by atoms with Crippen LogP contribution in [0.15, 0.2) is 22.7 Å². The number of hydrogen-bond donors (Lipinski definition) is 0. The molecule has 0 bridgehead atoms. The molecule has 1 heterocycles. The fourth-order valence-corrected chi connectivity index (χ4v) is 1.24. The van der Waals surface area contributed by atoms with Crippen LogP contribution in [0.1, 0.15) is 0 Å². The van der Waals surface area contributed by atoms with Crippen LogP contribution in [0.5, 0.6) is 0 Å². The molecular formula is C7H3Cl2NO. The van der Waals surface area contributed by atoms with Crippen LogP contribution in [-0.2, 0) is 0 Å². The van der Waals surface area contributed by atoms with Gasteiger partial charge in [0.2, 0.25) is 0 Å². The van der Waals surface area contributed by atoms with Crippen LogP contribution in [0.2, 0.25) is 10.2 Å². The molecule has 0 aliphatic rings. The van der Waals surface area contributed by atoms with Crippen LogP contribution in [0.25, 0.3) is 11.0 Å². The molecule has 0 N–H and O–H groups in total. The third kappa shape index (κ3) is 1.08. The van der Waals surface area contributed by atoms with Crippen molar-refractivity contribution in [2.75, 3.05) is 0 Å². The molecule has 2 nitrogen and oxygen atoms in total. The van der Waals surface area contributed by atoms with Crippen LogP contribution in [0.4, 0.5) is 0 Å². The normalized spacial score (nSPS) is 10.7. The first-order valence-corrected chi connectivity index (χ1v) is 3.73. The van der Waals surface area contributed by atoms with Crippen molar-refractivity contribution in [2.24, 2.45) is 0 Å². The predicted octanol–water partition coefficient (Wildman–Crippen LogP) is 3.13. The minimum Gasteiger partial charge on any atom is -0.355 e. The molecule has 0 spiro atoms. The fraction of sp³-hybridized carbons (Fsp3) is 0. The van der Waals surface area contributed by atoms with Crippen LogP contribution in [-0.4, -0.2) is 5.16 Å². The van der Waals surface area contributed by atoms with Crippen molar-refractivity contribution in [1.29, 1.82) is 0 Å². The molecule has 2 aromatic rings. The number of hydrogen-bond acceptors (Lipinski definition) is 2. The highest BCUT2D eigenvalue weighted by Crippen LogP contribution is 2.25. The number of nitrogens with zero attached hydrogens (tertiary/aromatic N) is 1. The number of halogens is 2. The molecule has 0 amide bonds. The van der Waals surface area contributed by atoms with Crippen molar-refractivity contribution in [3.63, 3.8) is 0 Å². The Morgan fingerprint density at radius 2 is 2.09 bits per heavy atom. The predicted molar refractivity (Wildman–Crippen MR) is 44.0 cm³/mol. The van der Waals surface area contributed by atoms with Gasteiger partial charge in [0.05, 0.1) is 5.39 Å². The monoisotopic (exact) mass is 187 g/mol. The molecule has 2 rings (SSSR count). The minimum absolute atomic E-state index is 0.350. The molecule has 0 saturated heterocycles. The first kappa shape index (κ1) is 6.95. The standard InChI is InChI=1S/C7H3Cl2NO/c8-4-1-2-6-5(3-4)7(9)10-11-6/h1-3H. The largest absolute Gasteiger partial charge is 0.355 e. The second-order valence-corrected chi connectivity index (χ2v) is 2.91. The summed E-state index contributed by atoms with van der Waals surface area (Å²) >= 11 is 11.4. The SMILES string of the molecule is Clc1ccc2onc(Cl)c2c1. The lowest BCUT2D eigenvalue weighted by Gasteiger charge is -1.86. The molecule has 56 valence electrons. The minimum atomic E-state index is 0.350. The molecule has 0 radical (unpaired) electrons. The van der Waals surface area contributed by atoms with Gasteiger partial charge in [-0.3, -0.25) is 0 Å². The first-order chi connectivity index (χ1) is 5.27. The summed E-state index contributed by atoms with van der Waals surface area (Å²) in [6, 6.07) is 5.18. The Bertz CT molecular complexity index is 396. The molecule has 0 saturated carbocycles. The molecule has 1 aromatic carbocycles.